The molecule has 106 valence electrons. The number of hydrogen-bond donors (Lipinski definition) is 2. The fraction of sp³-hybridized carbons (Fsp3) is 0.714. The standard InChI is InChI=1S/C14H24N4O/c1-10(12-5-3-6-12)17-14(19)13-9-16-18(11(13)2)8-4-7-15/h9-10,12H,3-8,15H2,1-2H3,(H,17,19). The third-order valence-electron chi connectivity index (χ3n) is 4.14. The highest BCUT2D eigenvalue weighted by Gasteiger charge is 2.26. The Morgan fingerprint density at radius 3 is 2.95 bits per heavy atom. The number of hydrogen-bond acceptors (Lipinski definition) is 3. The molecule has 19 heavy (non-hydrogen) atoms. The van der Waals surface area contributed by atoms with E-state index >= 15 is 0 Å². The quantitative estimate of drug-likeness (QED) is 0.817. The smallest absolute Gasteiger partial charge is 0.254 e. The summed E-state index contributed by atoms with van der Waals surface area (Å²) in [7, 11) is 0. The van der Waals surface area contributed by atoms with Gasteiger partial charge >= 0.3 is 0 Å². The predicted molar refractivity (Wildman–Crippen MR) is 74.9 cm³/mol. The molecule has 0 radical (unpaired) electrons. The molecule has 0 aliphatic heterocycles. The number of nitrogens with two attached hydrogens (primary N) is 1. The maximum absolute atomic E-state index is 12.2. The summed E-state index contributed by atoms with van der Waals surface area (Å²) in [5.74, 6) is 0.646. The normalized spacial score (nSPS) is 17.0. The fourth-order valence-corrected chi connectivity index (χ4v) is 2.48. The number of nitrogens with one attached hydrogen (secondary N) is 1. The van der Waals surface area contributed by atoms with E-state index in [1.165, 1.54) is 19.3 Å². The van der Waals surface area contributed by atoms with Gasteiger partial charge in [0.2, 0.25) is 0 Å². The highest BCUT2D eigenvalue weighted by molar-refractivity contribution is 5.95. The van der Waals surface area contributed by atoms with Crippen LogP contribution in [0.4, 0.5) is 0 Å². The molecule has 3 N–H and O–H groups in total. The van der Waals surface area contributed by atoms with E-state index in [1.807, 2.05) is 11.6 Å². The minimum Gasteiger partial charge on any atom is -0.349 e. The Bertz CT molecular complexity index is 437. The van der Waals surface area contributed by atoms with Crippen molar-refractivity contribution in [3.05, 3.63) is 17.5 Å². The van der Waals surface area contributed by atoms with Crippen LogP contribution in [0.3, 0.4) is 0 Å². The van der Waals surface area contributed by atoms with E-state index in [2.05, 4.69) is 17.3 Å². The van der Waals surface area contributed by atoms with E-state index in [4.69, 9.17) is 5.73 Å². The zero-order valence-electron chi connectivity index (χ0n) is 11.9. The van der Waals surface area contributed by atoms with E-state index in [0.717, 1.165) is 18.7 Å². The summed E-state index contributed by atoms with van der Waals surface area (Å²) < 4.78 is 1.86. The van der Waals surface area contributed by atoms with Gasteiger partial charge in [0.05, 0.1) is 11.8 Å². The molecule has 1 fully saturated rings. The second kappa shape index (κ2) is 6.19. The van der Waals surface area contributed by atoms with Gasteiger partial charge in [-0.3, -0.25) is 9.48 Å². The average Bonchev–Trinajstić information content (AvgIpc) is 2.65. The molecule has 1 aromatic heterocycles. The van der Waals surface area contributed by atoms with Gasteiger partial charge in [0.15, 0.2) is 0 Å². The predicted octanol–water partition coefficient (Wildman–Crippen LogP) is 1.46. The lowest BCUT2D eigenvalue weighted by atomic mass is 9.80. The second-order valence-corrected chi connectivity index (χ2v) is 5.46. The molecular weight excluding hydrogens is 240 g/mol. The summed E-state index contributed by atoms with van der Waals surface area (Å²) in [6.07, 6.45) is 6.30. The van der Waals surface area contributed by atoms with Crippen molar-refractivity contribution in [3.63, 3.8) is 0 Å². The van der Waals surface area contributed by atoms with Crippen LogP contribution in [0.25, 0.3) is 0 Å². The van der Waals surface area contributed by atoms with Crippen LogP contribution in [-0.4, -0.2) is 28.3 Å². The van der Waals surface area contributed by atoms with E-state index in [9.17, 15) is 4.79 Å². The van der Waals surface area contributed by atoms with Gasteiger partial charge in [-0.05, 0) is 45.6 Å². The van der Waals surface area contributed by atoms with E-state index in [0.29, 0.717) is 18.0 Å². The molecule has 1 heterocycles. The third kappa shape index (κ3) is 3.15. The van der Waals surface area contributed by atoms with Crippen molar-refractivity contribution in [2.45, 2.75) is 52.1 Å². The van der Waals surface area contributed by atoms with Crippen molar-refractivity contribution in [2.75, 3.05) is 6.54 Å². The molecule has 1 aliphatic carbocycles. The van der Waals surface area contributed by atoms with Crippen molar-refractivity contribution >= 4 is 5.91 Å². The topological polar surface area (TPSA) is 72.9 Å². The molecule has 0 bridgehead atoms. The second-order valence-electron chi connectivity index (χ2n) is 5.46. The van der Waals surface area contributed by atoms with E-state index < -0.39 is 0 Å². The van der Waals surface area contributed by atoms with Crippen LogP contribution < -0.4 is 11.1 Å². The summed E-state index contributed by atoms with van der Waals surface area (Å²) in [5, 5.41) is 7.35. The average molecular weight is 264 g/mol. The monoisotopic (exact) mass is 264 g/mol. The minimum absolute atomic E-state index is 0.00380. The third-order valence-corrected chi connectivity index (χ3v) is 4.14. The van der Waals surface area contributed by atoms with Gasteiger partial charge in [-0.15, -0.1) is 0 Å². The zero-order valence-corrected chi connectivity index (χ0v) is 11.9. The van der Waals surface area contributed by atoms with Gasteiger partial charge in [0.25, 0.3) is 5.91 Å². The number of amides is 1. The minimum atomic E-state index is -0.00380. The number of rotatable bonds is 6. The Hall–Kier alpha value is -1.36. The van der Waals surface area contributed by atoms with E-state index in [-0.39, 0.29) is 11.9 Å². The molecule has 1 atom stereocenters. The van der Waals surface area contributed by atoms with Crippen LogP contribution in [0, 0.1) is 12.8 Å². The molecular formula is C14H24N4O. The first-order valence-electron chi connectivity index (χ1n) is 7.16. The summed E-state index contributed by atoms with van der Waals surface area (Å²) in [5.41, 5.74) is 7.10. The Labute approximate surface area is 114 Å². The largest absolute Gasteiger partial charge is 0.349 e. The van der Waals surface area contributed by atoms with Crippen molar-refractivity contribution in [3.8, 4) is 0 Å². The lowest BCUT2D eigenvalue weighted by Crippen LogP contribution is -2.40. The Morgan fingerprint density at radius 2 is 2.37 bits per heavy atom. The molecule has 5 nitrogen and oxygen atoms in total. The summed E-state index contributed by atoms with van der Waals surface area (Å²) in [6, 6.07) is 0.257. The number of nitrogens with zero attached hydrogens (tertiary/aromatic N) is 2. The lowest BCUT2D eigenvalue weighted by molar-refractivity contribution is 0.0908. The highest BCUT2D eigenvalue weighted by Crippen LogP contribution is 2.29. The molecule has 1 unspecified atom stereocenters. The van der Waals surface area contributed by atoms with Gasteiger partial charge in [-0.25, -0.2) is 0 Å². The number of carbonyl (C=O) groups excluding carboxylic acids is 1. The van der Waals surface area contributed by atoms with Crippen LogP contribution in [-0.2, 0) is 6.54 Å². The number of carbonyl (C=O) groups is 1. The maximum atomic E-state index is 12.2. The van der Waals surface area contributed by atoms with Gasteiger partial charge in [0, 0.05) is 18.3 Å². The van der Waals surface area contributed by atoms with Gasteiger partial charge in [-0.1, -0.05) is 6.42 Å². The molecule has 1 aromatic rings. The first-order valence-corrected chi connectivity index (χ1v) is 7.16. The molecule has 1 saturated carbocycles. The molecule has 2 rings (SSSR count). The first-order chi connectivity index (χ1) is 9.13. The SMILES string of the molecule is Cc1c(C(=O)NC(C)C2CCC2)cnn1CCCN. The maximum Gasteiger partial charge on any atom is 0.254 e. The van der Waals surface area contributed by atoms with E-state index in [1.54, 1.807) is 6.20 Å². The van der Waals surface area contributed by atoms with Gasteiger partial charge < -0.3 is 11.1 Å². The molecule has 0 saturated heterocycles. The number of aromatic nitrogens is 2. The summed E-state index contributed by atoms with van der Waals surface area (Å²) >= 11 is 0. The Morgan fingerprint density at radius 1 is 1.63 bits per heavy atom. The molecule has 0 aromatic carbocycles. The van der Waals surface area contributed by atoms with Crippen molar-refractivity contribution in [1.82, 2.24) is 15.1 Å². The Balaban J connectivity index is 1.96. The van der Waals surface area contributed by atoms with Gasteiger partial charge in [-0.2, -0.15) is 5.10 Å². The molecule has 1 aliphatic rings. The van der Waals surface area contributed by atoms with Gasteiger partial charge in [0.1, 0.15) is 0 Å². The van der Waals surface area contributed by atoms with Crippen molar-refractivity contribution < 1.29 is 4.79 Å². The Kier molecular flexibility index (Phi) is 4.58. The zero-order chi connectivity index (χ0) is 13.8. The van der Waals surface area contributed by atoms with Crippen LogP contribution >= 0.6 is 0 Å². The van der Waals surface area contributed by atoms with Crippen LogP contribution in [0.2, 0.25) is 0 Å². The first kappa shape index (κ1) is 14.1. The van der Waals surface area contributed by atoms with Crippen LogP contribution in [0.1, 0.15) is 48.7 Å². The van der Waals surface area contributed by atoms with Crippen LogP contribution in [0.5, 0.6) is 0 Å². The highest BCUT2D eigenvalue weighted by atomic mass is 16.1. The fourth-order valence-electron chi connectivity index (χ4n) is 2.48. The molecule has 5 heteroatoms. The van der Waals surface area contributed by atoms with Crippen LogP contribution in [0.15, 0.2) is 6.20 Å². The lowest BCUT2D eigenvalue weighted by Gasteiger charge is -2.31. The summed E-state index contributed by atoms with van der Waals surface area (Å²) in [4.78, 5) is 12.2. The molecule has 0 spiro atoms. The van der Waals surface area contributed by atoms with Crippen molar-refractivity contribution in [1.29, 1.82) is 0 Å². The molecule has 1 amide bonds. The summed E-state index contributed by atoms with van der Waals surface area (Å²) in [6.45, 7) is 5.44. The number of aryl methyl sites for hydroxylation is 1. The van der Waals surface area contributed by atoms with Crippen molar-refractivity contribution in [2.24, 2.45) is 11.7 Å².